The van der Waals surface area contributed by atoms with Crippen LogP contribution in [0.25, 0.3) is 0 Å². The number of hydrogen-bond acceptors (Lipinski definition) is 2. The van der Waals surface area contributed by atoms with Crippen LogP contribution in [-0.4, -0.2) is 29.9 Å². The Labute approximate surface area is 144 Å². The number of benzene rings is 2. The molecular formula is C21H26N2O. The van der Waals surface area contributed by atoms with E-state index in [0.717, 1.165) is 32.4 Å². The maximum Gasteiger partial charge on any atom is 0.223 e. The second-order valence-corrected chi connectivity index (χ2v) is 6.72. The van der Waals surface area contributed by atoms with Gasteiger partial charge in [-0.3, -0.25) is 4.79 Å². The highest BCUT2D eigenvalue weighted by Gasteiger charge is 2.24. The van der Waals surface area contributed by atoms with Crippen LogP contribution >= 0.6 is 0 Å². The molecule has 24 heavy (non-hydrogen) atoms. The average Bonchev–Trinajstić information content (AvgIpc) is 2.63. The molecule has 126 valence electrons. The molecule has 2 N–H and O–H groups in total. The first-order valence-corrected chi connectivity index (χ1v) is 8.84. The molecule has 2 aromatic rings. The Morgan fingerprint density at radius 3 is 2.21 bits per heavy atom. The summed E-state index contributed by atoms with van der Waals surface area (Å²) in [5.41, 5.74) is 8.47. The van der Waals surface area contributed by atoms with Crippen LogP contribution in [0.1, 0.15) is 36.3 Å². The van der Waals surface area contributed by atoms with E-state index in [0.29, 0.717) is 6.42 Å². The highest BCUT2D eigenvalue weighted by atomic mass is 16.2. The normalized spacial score (nSPS) is 16.8. The summed E-state index contributed by atoms with van der Waals surface area (Å²) in [6.07, 6.45) is 3.29. The van der Waals surface area contributed by atoms with Crippen LogP contribution in [0, 0.1) is 0 Å². The van der Waals surface area contributed by atoms with Gasteiger partial charge in [0.05, 0.1) is 0 Å². The molecule has 1 unspecified atom stereocenters. The molecule has 1 aliphatic rings. The summed E-state index contributed by atoms with van der Waals surface area (Å²) >= 11 is 0. The Balaban J connectivity index is 1.71. The van der Waals surface area contributed by atoms with Crippen LogP contribution in [0.4, 0.5) is 0 Å². The first-order chi connectivity index (χ1) is 11.7. The lowest BCUT2D eigenvalue weighted by Gasteiger charge is -2.31. The van der Waals surface area contributed by atoms with E-state index in [2.05, 4.69) is 48.5 Å². The summed E-state index contributed by atoms with van der Waals surface area (Å²) in [6.45, 7) is 1.60. The molecule has 3 nitrogen and oxygen atoms in total. The molecule has 0 saturated carbocycles. The van der Waals surface area contributed by atoms with Gasteiger partial charge in [-0.05, 0) is 36.3 Å². The van der Waals surface area contributed by atoms with Crippen LogP contribution in [-0.2, 0) is 11.2 Å². The Kier molecular flexibility index (Phi) is 5.65. The van der Waals surface area contributed by atoms with Gasteiger partial charge in [0, 0.05) is 25.6 Å². The van der Waals surface area contributed by atoms with E-state index < -0.39 is 0 Å². The summed E-state index contributed by atoms with van der Waals surface area (Å²) in [5.74, 6) is 0.475. The minimum Gasteiger partial charge on any atom is -0.343 e. The summed E-state index contributed by atoms with van der Waals surface area (Å²) < 4.78 is 0. The summed E-state index contributed by atoms with van der Waals surface area (Å²) in [6, 6.07) is 21.1. The lowest BCUT2D eigenvalue weighted by molar-refractivity contribution is -0.132. The number of carbonyl (C=O) groups excluding carboxylic acids is 1. The number of rotatable bonds is 5. The lowest BCUT2D eigenvalue weighted by atomic mass is 9.88. The van der Waals surface area contributed by atoms with Crippen LogP contribution < -0.4 is 5.73 Å². The number of amides is 1. The van der Waals surface area contributed by atoms with Gasteiger partial charge in [-0.1, -0.05) is 60.7 Å². The first kappa shape index (κ1) is 16.7. The van der Waals surface area contributed by atoms with E-state index in [1.54, 1.807) is 0 Å². The molecule has 1 aliphatic heterocycles. The first-order valence-electron chi connectivity index (χ1n) is 8.84. The maximum atomic E-state index is 12.8. The quantitative estimate of drug-likeness (QED) is 0.917. The number of likely N-dealkylation sites (tertiary alicyclic amines) is 1. The molecule has 1 atom stereocenters. The number of nitrogens with zero attached hydrogens (tertiary/aromatic N) is 1. The van der Waals surface area contributed by atoms with Gasteiger partial charge >= 0.3 is 0 Å². The summed E-state index contributed by atoms with van der Waals surface area (Å²) in [5, 5.41) is 0. The van der Waals surface area contributed by atoms with Gasteiger partial charge in [-0.15, -0.1) is 0 Å². The fourth-order valence-corrected chi connectivity index (χ4v) is 3.42. The van der Waals surface area contributed by atoms with Crippen molar-refractivity contribution in [1.29, 1.82) is 0 Å². The number of carbonyl (C=O) groups is 1. The zero-order valence-corrected chi connectivity index (χ0v) is 14.1. The number of hydrogen-bond donors (Lipinski definition) is 1. The van der Waals surface area contributed by atoms with Crippen molar-refractivity contribution in [3.05, 3.63) is 71.8 Å². The molecule has 0 aromatic heterocycles. The predicted molar refractivity (Wildman–Crippen MR) is 97.7 cm³/mol. The minimum atomic E-state index is 0.219. The molecular weight excluding hydrogens is 296 g/mol. The molecule has 3 rings (SSSR count). The highest BCUT2D eigenvalue weighted by molar-refractivity contribution is 5.77. The Morgan fingerprint density at radius 2 is 1.58 bits per heavy atom. The predicted octanol–water partition coefficient (Wildman–Crippen LogP) is 3.35. The standard InChI is InChI=1S/C21H26N2O/c22-20-11-13-23(14-12-20)21(24)16-19(18-9-5-2-6-10-18)15-17-7-3-1-4-8-17/h1-10,19-20H,11-16,22H2. The molecule has 3 heteroatoms. The van der Waals surface area contributed by atoms with Crippen LogP contribution in [0.15, 0.2) is 60.7 Å². The lowest BCUT2D eigenvalue weighted by Crippen LogP contribution is -2.43. The van der Waals surface area contributed by atoms with Crippen molar-refractivity contribution >= 4 is 5.91 Å². The minimum absolute atomic E-state index is 0.219. The van der Waals surface area contributed by atoms with Gasteiger partial charge in [0.15, 0.2) is 0 Å². The zero-order valence-electron chi connectivity index (χ0n) is 14.1. The van der Waals surface area contributed by atoms with E-state index in [9.17, 15) is 4.79 Å². The average molecular weight is 322 g/mol. The van der Waals surface area contributed by atoms with Crippen LogP contribution in [0.2, 0.25) is 0 Å². The van der Waals surface area contributed by atoms with Gasteiger partial charge in [0.2, 0.25) is 5.91 Å². The maximum absolute atomic E-state index is 12.8. The molecule has 0 bridgehead atoms. The third-order valence-electron chi connectivity index (χ3n) is 4.91. The molecule has 0 aliphatic carbocycles. The third kappa shape index (κ3) is 4.45. The van der Waals surface area contributed by atoms with Gasteiger partial charge < -0.3 is 10.6 Å². The van der Waals surface area contributed by atoms with E-state index in [1.807, 2.05) is 17.0 Å². The van der Waals surface area contributed by atoms with E-state index >= 15 is 0 Å². The highest BCUT2D eigenvalue weighted by Crippen LogP contribution is 2.26. The molecule has 0 spiro atoms. The van der Waals surface area contributed by atoms with Crippen molar-refractivity contribution in [3.8, 4) is 0 Å². The van der Waals surface area contributed by atoms with Crippen molar-refractivity contribution in [3.63, 3.8) is 0 Å². The summed E-state index contributed by atoms with van der Waals surface area (Å²) in [7, 11) is 0. The van der Waals surface area contributed by atoms with Gasteiger partial charge in [-0.2, -0.15) is 0 Å². The SMILES string of the molecule is NC1CCN(C(=O)CC(Cc2ccccc2)c2ccccc2)CC1. The largest absolute Gasteiger partial charge is 0.343 e. The monoisotopic (exact) mass is 322 g/mol. The van der Waals surface area contributed by atoms with E-state index in [1.165, 1.54) is 11.1 Å². The van der Waals surface area contributed by atoms with Crippen molar-refractivity contribution in [1.82, 2.24) is 4.90 Å². The van der Waals surface area contributed by atoms with Gasteiger partial charge in [0.25, 0.3) is 0 Å². The van der Waals surface area contributed by atoms with Crippen molar-refractivity contribution in [2.45, 2.75) is 37.6 Å². The Morgan fingerprint density at radius 1 is 1.00 bits per heavy atom. The van der Waals surface area contributed by atoms with Crippen molar-refractivity contribution < 1.29 is 4.79 Å². The second-order valence-electron chi connectivity index (χ2n) is 6.72. The fraction of sp³-hybridized carbons (Fsp3) is 0.381. The molecule has 1 saturated heterocycles. The number of nitrogens with two attached hydrogens (primary N) is 1. The zero-order chi connectivity index (χ0) is 16.8. The van der Waals surface area contributed by atoms with Gasteiger partial charge in [-0.25, -0.2) is 0 Å². The Hall–Kier alpha value is -2.13. The van der Waals surface area contributed by atoms with Gasteiger partial charge in [0.1, 0.15) is 0 Å². The van der Waals surface area contributed by atoms with E-state index in [-0.39, 0.29) is 17.9 Å². The molecule has 1 fully saturated rings. The topological polar surface area (TPSA) is 46.3 Å². The summed E-state index contributed by atoms with van der Waals surface area (Å²) in [4.78, 5) is 14.8. The molecule has 2 aromatic carbocycles. The molecule has 0 radical (unpaired) electrons. The number of piperidine rings is 1. The van der Waals surface area contributed by atoms with Crippen molar-refractivity contribution in [2.75, 3.05) is 13.1 Å². The molecule has 1 heterocycles. The van der Waals surface area contributed by atoms with Crippen LogP contribution in [0.3, 0.4) is 0 Å². The third-order valence-corrected chi connectivity index (χ3v) is 4.91. The van der Waals surface area contributed by atoms with E-state index in [4.69, 9.17) is 5.73 Å². The fourth-order valence-electron chi connectivity index (χ4n) is 3.42. The smallest absolute Gasteiger partial charge is 0.223 e. The van der Waals surface area contributed by atoms with Crippen molar-refractivity contribution in [2.24, 2.45) is 5.73 Å². The second kappa shape index (κ2) is 8.11. The van der Waals surface area contributed by atoms with Crippen LogP contribution in [0.5, 0.6) is 0 Å². The Bertz CT molecular complexity index is 633. The molecule has 1 amide bonds.